The van der Waals surface area contributed by atoms with Crippen LogP contribution in [0.4, 0.5) is 18.9 Å². The van der Waals surface area contributed by atoms with Crippen molar-refractivity contribution in [3.63, 3.8) is 0 Å². The molecule has 0 aliphatic carbocycles. The molecular weight excluding hydrogens is 433 g/mol. The first-order valence-electron chi connectivity index (χ1n) is 9.27. The van der Waals surface area contributed by atoms with E-state index in [2.05, 4.69) is 0 Å². The molecule has 0 fully saturated rings. The van der Waals surface area contributed by atoms with Crippen LogP contribution in [0.5, 0.6) is 17.2 Å². The van der Waals surface area contributed by atoms with Crippen molar-refractivity contribution in [2.45, 2.75) is 6.18 Å². The molecule has 166 valence electrons. The van der Waals surface area contributed by atoms with Gasteiger partial charge in [-0.05, 0) is 42.0 Å². The molecule has 1 heterocycles. The Morgan fingerprint density at radius 3 is 2.23 bits per heavy atom. The first kappa shape index (κ1) is 22.9. The van der Waals surface area contributed by atoms with Crippen LogP contribution in [-0.4, -0.2) is 40.5 Å². The first-order valence-corrected chi connectivity index (χ1v) is 10.9. The molecule has 1 atom stereocenters. The van der Waals surface area contributed by atoms with Gasteiger partial charge in [0.2, 0.25) is 0 Å². The quantitative estimate of drug-likeness (QED) is 0.636. The number of nitrogens with zero attached hydrogens (tertiary/aromatic N) is 1. The van der Waals surface area contributed by atoms with Crippen molar-refractivity contribution < 1.29 is 31.1 Å². The van der Waals surface area contributed by atoms with Crippen LogP contribution < -0.4 is 19.1 Å². The van der Waals surface area contributed by atoms with E-state index in [1.165, 1.54) is 49.7 Å². The molecule has 0 saturated carbocycles. The van der Waals surface area contributed by atoms with E-state index in [0.717, 1.165) is 0 Å². The molecule has 31 heavy (non-hydrogen) atoms. The average molecular weight is 455 g/mol. The fraction of sp³-hybridized carbons (Fsp3) is 0.238. The number of ether oxygens (including phenoxy) is 2. The fourth-order valence-electron chi connectivity index (χ4n) is 3.23. The second-order valence-corrected chi connectivity index (χ2v) is 8.97. The third-order valence-corrected chi connectivity index (χ3v) is 6.97. The standard InChI is InChI=1S/C21H22F3N2O4S/c1-29-19-4-2-3-5-20(19)30-18-8-6-17(7-9-18)26(12-10-16(14-25)11-13-26)31(27,28)15-21(22,23)24/h2-12H,13-15,25H2,1H3/q+1. The number of rotatable bonds is 7. The van der Waals surface area contributed by atoms with E-state index in [9.17, 15) is 21.6 Å². The summed E-state index contributed by atoms with van der Waals surface area (Å²) in [6.45, 7) is -0.0460. The lowest BCUT2D eigenvalue weighted by Crippen LogP contribution is -2.53. The molecule has 0 bridgehead atoms. The van der Waals surface area contributed by atoms with Crippen LogP contribution in [0.15, 0.2) is 72.5 Å². The Kier molecular flexibility index (Phi) is 6.44. The van der Waals surface area contributed by atoms with Crippen molar-refractivity contribution in [2.75, 3.05) is 26.0 Å². The van der Waals surface area contributed by atoms with Crippen molar-refractivity contribution in [3.8, 4) is 17.2 Å². The van der Waals surface area contributed by atoms with Crippen molar-refractivity contribution in [2.24, 2.45) is 5.73 Å². The minimum Gasteiger partial charge on any atom is -0.493 e. The Balaban J connectivity index is 1.97. The van der Waals surface area contributed by atoms with Gasteiger partial charge in [-0.1, -0.05) is 12.1 Å². The molecule has 0 aromatic heterocycles. The van der Waals surface area contributed by atoms with E-state index in [-0.39, 0.29) is 18.8 Å². The number of hydrogen-bond donors (Lipinski definition) is 1. The largest absolute Gasteiger partial charge is 0.493 e. The molecule has 0 saturated heterocycles. The zero-order valence-corrected chi connectivity index (χ0v) is 17.5. The van der Waals surface area contributed by atoms with Crippen LogP contribution in [0, 0.1) is 0 Å². The molecule has 6 nitrogen and oxygen atoms in total. The summed E-state index contributed by atoms with van der Waals surface area (Å²) in [7, 11) is -3.19. The third-order valence-electron chi connectivity index (χ3n) is 4.80. The summed E-state index contributed by atoms with van der Waals surface area (Å²) < 4.78 is 74.8. The summed E-state index contributed by atoms with van der Waals surface area (Å²) >= 11 is 0. The highest BCUT2D eigenvalue weighted by Gasteiger charge is 2.49. The van der Waals surface area contributed by atoms with Crippen molar-refractivity contribution in [3.05, 3.63) is 72.5 Å². The van der Waals surface area contributed by atoms with Crippen LogP contribution in [0.2, 0.25) is 0 Å². The molecule has 1 unspecified atom stereocenters. The summed E-state index contributed by atoms with van der Waals surface area (Å²) in [6.07, 6.45) is -0.661. The molecule has 2 N–H and O–H groups in total. The monoisotopic (exact) mass is 455 g/mol. The Morgan fingerprint density at radius 2 is 1.71 bits per heavy atom. The molecule has 3 rings (SSSR count). The molecule has 1 aliphatic rings. The van der Waals surface area contributed by atoms with Crippen LogP contribution in [-0.2, 0) is 10.0 Å². The SMILES string of the molecule is COc1ccccc1Oc1ccc([N+]2(S(=O)(=O)CC(F)(F)F)C=CC(CN)=CC2)cc1. The molecule has 0 spiro atoms. The first-order chi connectivity index (χ1) is 14.6. The highest BCUT2D eigenvalue weighted by molar-refractivity contribution is 7.91. The predicted molar refractivity (Wildman–Crippen MR) is 112 cm³/mol. The van der Waals surface area contributed by atoms with Crippen LogP contribution in [0.25, 0.3) is 0 Å². The van der Waals surface area contributed by atoms with Crippen LogP contribution >= 0.6 is 0 Å². The van der Waals surface area contributed by atoms with E-state index >= 15 is 0 Å². The molecule has 10 heteroatoms. The van der Waals surface area contributed by atoms with Gasteiger partial charge in [-0.15, -0.1) is 0 Å². The van der Waals surface area contributed by atoms with Gasteiger partial charge in [0.15, 0.2) is 22.9 Å². The molecule has 0 radical (unpaired) electrons. The van der Waals surface area contributed by atoms with E-state index in [1.54, 1.807) is 24.3 Å². The lowest BCUT2D eigenvalue weighted by atomic mass is 10.1. The van der Waals surface area contributed by atoms with Gasteiger partial charge in [0.1, 0.15) is 18.5 Å². The lowest BCUT2D eigenvalue weighted by Gasteiger charge is -2.34. The Morgan fingerprint density at radius 1 is 1.06 bits per heavy atom. The Hall–Kier alpha value is -2.82. The maximum atomic E-state index is 13.0. The summed E-state index contributed by atoms with van der Waals surface area (Å²) in [6, 6.07) is 12.8. The lowest BCUT2D eigenvalue weighted by molar-refractivity contribution is -0.106. The summed E-state index contributed by atoms with van der Waals surface area (Å²) in [5.41, 5.74) is 6.37. The number of methoxy groups -OCH3 is 1. The fourth-order valence-corrected chi connectivity index (χ4v) is 4.86. The molecule has 2 aromatic rings. The average Bonchev–Trinajstić information content (AvgIpc) is 2.73. The maximum Gasteiger partial charge on any atom is 0.408 e. The number of quaternary nitrogens is 1. The number of alkyl halides is 3. The number of nitrogens with two attached hydrogens (primary N) is 1. The van der Waals surface area contributed by atoms with Crippen LogP contribution in [0.3, 0.4) is 0 Å². The smallest absolute Gasteiger partial charge is 0.408 e. The second-order valence-electron chi connectivity index (χ2n) is 6.87. The van der Waals surface area contributed by atoms with E-state index in [4.69, 9.17) is 15.2 Å². The zero-order chi connectivity index (χ0) is 22.7. The number of sulfonamides is 1. The van der Waals surface area contributed by atoms with Gasteiger partial charge in [-0.25, -0.2) is 0 Å². The second kappa shape index (κ2) is 8.74. The van der Waals surface area contributed by atoms with Crippen molar-refractivity contribution in [1.29, 1.82) is 0 Å². The minimum absolute atomic E-state index is 0.153. The third kappa shape index (κ3) is 4.92. The van der Waals surface area contributed by atoms with Gasteiger partial charge in [0.25, 0.3) is 0 Å². The molecule has 0 amide bonds. The Bertz CT molecular complexity index is 1100. The highest BCUT2D eigenvalue weighted by atomic mass is 32.2. The summed E-state index contributed by atoms with van der Waals surface area (Å²) in [4.78, 5) is 0. The summed E-state index contributed by atoms with van der Waals surface area (Å²) in [5.74, 6) is -0.630. The zero-order valence-electron chi connectivity index (χ0n) is 16.7. The molecule has 2 aromatic carbocycles. The van der Waals surface area contributed by atoms with Crippen LogP contribution in [0.1, 0.15) is 0 Å². The van der Waals surface area contributed by atoms with Crippen molar-refractivity contribution in [1.82, 2.24) is 3.89 Å². The highest BCUT2D eigenvalue weighted by Crippen LogP contribution is 2.37. The van der Waals surface area contributed by atoms with E-state index < -0.39 is 25.8 Å². The normalized spacial score (nSPS) is 19.1. The van der Waals surface area contributed by atoms with E-state index in [0.29, 0.717) is 22.8 Å². The molecular formula is C21H22F3N2O4S+. The maximum absolute atomic E-state index is 13.0. The van der Waals surface area contributed by atoms with Crippen molar-refractivity contribution >= 4 is 15.7 Å². The van der Waals surface area contributed by atoms with Gasteiger partial charge >= 0.3 is 16.2 Å². The van der Waals surface area contributed by atoms with Gasteiger partial charge in [0, 0.05) is 18.7 Å². The van der Waals surface area contributed by atoms with Gasteiger partial charge in [0.05, 0.1) is 7.11 Å². The Labute approximate surface area is 178 Å². The van der Waals surface area contributed by atoms with Gasteiger partial charge in [-0.3, -0.25) is 0 Å². The number of hydrogen-bond acceptors (Lipinski definition) is 5. The minimum atomic E-state index is -4.87. The topological polar surface area (TPSA) is 78.6 Å². The number of benzene rings is 2. The van der Waals surface area contributed by atoms with Gasteiger partial charge in [-0.2, -0.15) is 25.5 Å². The predicted octanol–water partition coefficient (Wildman–Crippen LogP) is 4.10. The van der Waals surface area contributed by atoms with Gasteiger partial charge < -0.3 is 15.2 Å². The number of para-hydroxylation sites is 2. The molecule has 1 aliphatic heterocycles. The van der Waals surface area contributed by atoms with E-state index in [1.807, 2.05) is 0 Å². The number of halogens is 3. The summed E-state index contributed by atoms with van der Waals surface area (Å²) in [5, 5.41) is 0.